The Morgan fingerprint density at radius 2 is 1.89 bits per heavy atom. The fourth-order valence-corrected chi connectivity index (χ4v) is 2.40. The maximum atomic E-state index is 13.6. The molecule has 0 atom stereocenters. The Kier molecular flexibility index (Phi) is 4.18. The topological polar surface area (TPSA) is 55.1 Å². The Bertz CT molecular complexity index is 426. The van der Waals surface area contributed by atoms with Gasteiger partial charge in [0.15, 0.2) is 0 Å². The molecule has 1 aromatic carbocycles. The molecule has 0 unspecified atom stereocenters. The lowest BCUT2D eigenvalue weighted by molar-refractivity contribution is 0.0929. The fraction of sp³-hybridized carbons (Fsp3) is 0.500. The molecule has 98 valence electrons. The number of nitrogens with one attached hydrogen (secondary N) is 1. The predicted octanol–water partition coefficient (Wildman–Crippen LogP) is 2.86. The van der Waals surface area contributed by atoms with E-state index < -0.39 is 5.82 Å². The van der Waals surface area contributed by atoms with Gasteiger partial charge in [0.2, 0.25) is 0 Å². The molecular weight excluding hydrogens is 231 g/mol. The molecule has 2 rings (SSSR count). The lowest BCUT2D eigenvalue weighted by atomic mass is 10.1. The van der Waals surface area contributed by atoms with Gasteiger partial charge in [0.05, 0.1) is 5.56 Å². The number of carbonyl (C=O) groups excluding carboxylic acids is 1. The Morgan fingerprint density at radius 3 is 2.50 bits per heavy atom. The first-order valence-electron chi connectivity index (χ1n) is 6.52. The first kappa shape index (κ1) is 12.9. The zero-order chi connectivity index (χ0) is 13.0. The number of anilines is 1. The van der Waals surface area contributed by atoms with Gasteiger partial charge in [0.25, 0.3) is 5.91 Å². The number of rotatable bonds is 2. The Hall–Kier alpha value is -1.58. The summed E-state index contributed by atoms with van der Waals surface area (Å²) >= 11 is 0. The third-order valence-electron chi connectivity index (χ3n) is 3.43. The molecule has 4 heteroatoms. The van der Waals surface area contributed by atoms with E-state index in [-0.39, 0.29) is 17.5 Å². The Labute approximate surface area is 107 Å². The standard InChI is InChI=1S/C14H19FN2O/c15-13-9-10(16)7-8-12(13)14(18)17-11-5-3-1-2-4-6-11/h7-9,11H,1-6,16H2,(H,17,18). The molecule has 1 fully saturated rings. The predicted molar refractivity (Wildman–Crippen MR) is 69.8 cm³/mol. The van der Waals surface area contributed by atoms with Crippen molar-refractivity contribution in [1.29, 1.82) is 0 Å². The number of hydrogen-bond donors (Lipinski definition) is 2. The highest BCUT2D eigenvalue weighted by Gasteiger charge is 2.17. The smallest absolute Gasteiger partial charge is 0.254 e. The van der Waals surface area contributed by atoms with Crippen molar-refractivity contribution in [2.75, 3.05) is 5.73 Å². The van der Waals surface area contributed by atoms with Crippen LogP contribution in [0.3, 0.4) is 0 Å². The number of benzene rings is 1. The maximum Gasteiger partial charge on any atom is 0.254 e. The minimum absolute atomic E-state index is 0.0773. The second kappa shape index (κ2) is 5.85. The molecule has 1 aliphatic rings. The molecule has 0 bridgehead atoms. The molecule has 0 heterocycles. The van der Waals surface area contributed by atoms with Crippen LogP contribution in [0.4, 0.5) is 10.1 Å². The highest BCUT2D eigenvalue weighted by molar-refractivity contribution is 5.95. The van der Waals surface area contributed by atoms with Crippen LogP contribution in [0.25, 0.3) is 0 Å². The number of carbonyl (C=O) groups is 1. The van der Waals surface area contributed by atoms with Gasteiger partial charge in [-0.15, -0.1) is 0 Å². The van der Waals surface area contributed by atoms with Crippen molar-refractivity contribution < 1.29 is 9.18 Å². The van der Waals surface area contributed by atoms with E-state index in [4.69, 9.17) is 5.73 Å². The summed E-state index contributed by atoms with van der Waals surface area (Å²) in [5, 5.41) is 2.92. The van der Waals surface area contributed by atoms with Crippen LogP contribution in [0.1, 0.15) is 48.9 Å². The number of nitrogen functional groups attached to an aromatic ring is 1. The molecule has 18 heavy (non-hydrogen) atoms. The van der Waals surface area contributed by atoms with Crippen LogP contribution < -0.4 is 11.1 Å². The van der Waals surface area contributed by atoms with Gasteiger partial charge in [-0.1, -0.05) is 25.7 Å². The van der Waals surface area contributed by atoms with Crippen LogP contribution >= 0.6 is 0 Å². The molecule has 1 aromatic rings. The van der Waals surface area contributed by atoms with Crippen molar-refractivity contribution in [2.24, 2.45) is 0 Å². The van der Waals surface area contributed by atoms with Gasteiger partial charge in [-0.3, -0.25) is 4.79 Å². The van der Waals surface area contributed by atoms with E-state index in [1.165, 1.54) is 25.0 Å². The quantitative estimate of drug-likeness (QED) is 0.626. The van der Waals surface area contributed by atoms with Gasteiger partial charge in [0, 0.05) is 11.7 Å². The van der Waals surface area contributed by atoms with Crippen LogP contribution in [0.15, 0.2) is 18.2 Å². The number of amides is 1. The second-order valence-electron chi connectivity index (χ2n) is 4.90. The molecule has 3 N–H and O–H groups in total. The summed E-state index contributed by atoms with van der Waals surface area (Å²) < 4.78 is 13.6. The summed E-state index contributed by atoms with van der Waals surface area (Å²) in [6, 6.07) is 4.35. The Morgan fingerprint density at radius 1 is 1.22 bits per heavy atom. The van der Waals surface area contributed by atoms with Crippen LogP contribution in [-0.4, -0.2) is 11.9 Å². The summed E-state index contributed by atoms with van der Waals surface area (Å²) in [4.78, 5) is 12.0. The SMILES string of the molecule is Nc1ccc(C(=O)NC2CCCCCC2)c(F)c1. The molecule has 1 amide bonds. The molecule has 0 aliphatic heterocycles. The van der Waals surface area contributed by atoms with Crippen LogP contribution in [0, 0.1) is 5.82 Å². The first-order valence-corrected chi connectivity index (χ1v) is 6.52. The van der Waals surface area contributed by atoms with E-state index in [9.17, 15) is 9.18 Å². The van der Waals surface area contributed by atoms with Crippen molar-refractivity contribution in [1.82, 2.24) is 5.32 Å². The van der Waals surface area contributed by atoms with Crippen molar-refractivity contribution in [3.05, 3.63) is 29.6 Å². The van der Waals surface area contributed by atoms with E-state index in [1.807, 2.05) is 0 Å². The minimum atomic E-state index is -0.555. The summed E-state index contributed by atoms with van der Waals surface area (Å²) in [7, 11) is 0. The van der Waals surface area contributed by atoms with Gasteiger partial charge >= 0.3 is 0 Å². The van der Waals surface area contributed by atoms with Crippen molar-refractivity contribution >= 4 is 11.6 Å². The van der Waals surface area contributed by atoms with E-state index in [2.05, 4.69) is 5.32 Å². The van der Waals surface area contributed by atoms with Crippen molar-refractivity contribution in [2.45, 2.75) is 44.6 Å². The van der Waals surface area contributed by atoms with Crippen molar-refractivity contribution in [3.63, 3.8) is 0 Å². The second-order valence-corrected chi connectivity index (χ2v) is 4.90. The normalized spacial score (nSPS) is 17.2. The van der Waals surface area contributed by atoms with Gasteiger partial charge in [-0.25, -0.2) is 4.39 Å². The monoisotopic (exact) mass is 250 g/mol. The van der Waals surface area contributed by atoms with Crippen LogP contribution in [0.5, 0.6) is 0 Å². The molecular formula is C14H19FN2O. The average molecular weight is 250 g/mol. The number of hydrogen-bond acceptors (Lipinski definition) is 2. The van der Waals surface area contributed by atoms with Gasteiger partial charge < -0.3 is 11.1 Å². The summed E-state index contributed by atoms with van der Waals surface area (Å²) in [6.07, 6.45) is 6.69. The summed E-state index contributed by atoms with van der Waals surface area (Å²) in [6.45, 7) is 0. The third kappa shape index (κ3) is 3.22. The van der Waals surface area contributed by atoms with Crippen LogP contribution in [0.2, 0.25) is 0 Å². The summed E-state index contributed by atoms with van der Waals surface area (Å²) in [5.41, 5.74) is 5.87. The molecule has 0 radical (unpaired) electrons. The molecule has 0 aromatic heterocycles. The van der Waals surface area contributed by atoms with E-state index in [1.54, 1.807) is 6.07 Å². The first-order chi connectivity index (χ1) is 8.66. The van der Waals surface area contributed by atoms with Crippen LogP contribution in [-0.2, 0) is 0 Å². The van der Waals surface area contributed by atoms with Gasteiger partial charge in [0.1, 0.15) is 5.82 Å². The third-order valence-corrected chi connectivity index (χ3v) is 3.43. The zero-order valence-corrected chi connectivity index (χ0v) is 10.4. The molecule has 0 spiro atoms. The fourth-order valence-electron chi connectivity index (χ4n) is 2.40. The highest BCUT2D eigenvalue weighted by Crippen LogP contribution is 2.18. The molecule has 1 aliphatic carbocycles. The van der Waals surface area contributed by atoms with E-state index >= 15 is 0 Å². The molecule has 3 nitrogen and oxygen atoms in total. The largest absolute Gasteiger partial charge is 0.399 e. The maximum absolute atomic E-state index is 13.6. The van der Waals surface area contributed by atoms with Gasteiger partial charge in [-0.05, 0) is 31.0 Å². The van der Waals surface area contributed by atoms with E-state index in [0.29, 0.717) is 5.69 Å². The average Bonchev–Trinajstić information content (AvgIpc) is 2.57. The number of nitrogens with two attached hydrogens (primary N) is 1. The minimum Gasteiger partial charge on any atom is -0.399 e. The zero-order valence-electron chi connectivity index (χ0n) is 10.4. The van der Waals surface area contributed by atoms with Crippen molar-refractivity contribution in [3.8, 4) is 0 Å². The number of halogens is 1. The molecule has 0 saturated heterocycles. The summed E-state index contributed by atoms with van der Waals surface area (Å²) in [5.74, 6) is -0.888. The lowest BCUT2D eigenvalue weighted by Crippen LogP contribution is -2.34. The van der Waals surface area contributed by atoms with Gasteiger partial charge in [-0.2, -0.15) is 0 Å². The Balaban J connectivity index is 2.02. The highest BCUT2D eigenvalue weighted by atomic mass is 19.1. The lowest BCUT2D eigenvalue weighted by Gasteiger charge is -2.16. The molecule has 1 saturated carbocycles. The van der Waals surface area contributed by atoms with E-state index in [0.717, 1.165) is 25.7 Å².